The molecule has 0 N–H and O–H groups in total. The lowest BCUT2D eigenvalue weighted by atomic mass is 9.87. The molecule has 1 aliphatic rings. The van der Waals surface area contributed by atoms with Crippen LogP contribution in [0.1, 0.15) is 70.5 Å². The number of benzene rings is 4. The fourth-order valence-electron chi connectivity index (χ4n) is 4.80. The minimum absolute atomic E-state index is 0.0758. The minimum Gasteiger partial charge on any atom is -0.369 e. The molecule has 0 heterocycles. The molecule has 260 valence electrons. The largest absolute Gasteiger partial charge is 0.643 e. The van der Waals surface area contributed by atoms with Gasteiger partial charge in [0, 0.05) is 27.4 Å². The van der Waals surface area contributed by atoms with Crippen LogP contribution in [0, 0.1) is 23.3 Å². The monoisotopic (exact) mass is 900 g/mol. The van der Waals surface area contributed by atoms with Crippen molar-refractivity contribution >= 4 is 96.0 Å². The van der Waals surface area contributed by atoms with Crippen molar-refractivity contribution in [2.45, 2.75) is 51.1 Å². The average Bonchev–Trinajstić information content (AvgIpc) is 3.06. The molecule has 2 unspecified atom stereocenters. The van der Waals surface area contributed by atoms with Crippen molar-refractivity contribution in [1.82, 2.24) is 0 Å². The van der Waals surface area contributed by atoms with Crippen LogP contribution in [0.25, 0.3) is 0 Å². The summed E-state index contributed by atoms with van der Waals surface area (Å²) in [6, 6.07) is 22.2. The summed E-state index contributed by atoms with van der Waals surface area (Å²) in [6.45, 7) is 0.637. The van der Waals surface area contributed by atoms with E-state index in [1.165, 1.54) is 0 Å². The number of halogens is 10. The Morgan fingerprint density at radius 1 is 0.837 bits per heavy atom. The SMILES string of the molecule is O=C(Cl)CCC(OCc1ccccc1)c1cc(F)c(F)cc1Br.O=C1CCC(OCc2ccccc2)c2c(Br)cc(F)c(F)c21.[Cl][Al]([Cl])[Cl]. The van der Waals surface area contributed by atoms with Crippen LogP contribution < -0.4 is 0 Å². The standard InChI is InChI=1S/C17H14BrClF2O2.C17H13BrF2O2.Al.3ClH/c18-13-9-15(21)14(20)8-12(13)16(6-7-17(19)22)23-10-11-4-2-1-3-5-11;18-11-8-12(19)17(20)16-13(21)6-7-14(15(11)16)22-9-10-4-2-1-3-5-10;;;;/h1-5,8-9,16H,6-7,10H2;1-5,8,14H,6-7,9H2;;3*1H/q;;+3;;;/p-3. The van der Waals surface area contributed by atoms with Gasteiger partial charge < -0.3 is 9.47 Å². The maximum atomic E-state index is 14.0. The molecule has 0 saturated carbocycles. The molecule has 0 spiro atoms. The zero-order valence-corrected chi connectivity index (χ0v) is 32.7. The van der Waals surface area contributed by atoms with Crippen LogP contribution >= 0.6 is 73.6 Å². The van der Waals surface area contributed by atoms with Crippen molar-refractivity contribution < 1.29 is 36.6 Å². The van der Waals surface area contributed by atoms with E-state index in [0.29, 0.717) is 33.1 Å². The Bertz CT molecular complexity index is 1710. The van der Waals surface area contributed by atoms with Gasteiger partial charge in [-0.2, -0.15) is 0 Å². The van der Waals surface area contributed by atoms with Gasteiger partial charge in [0.05, 0.1) is 31.0 Å². The second-order valence-electron chi connectivity index (χ2n) is 10.4. The van der Waals surface area contributed by atoms with Gasteiger partial charge in [-0.3, -0.25) is 9.59 Å². The number of fused-ring (bicyclic) bond motifs is 1. The van der Waals surface area contributed by atoms with Gasteiger partial charge in [0.2, 0.25) is 5.24 Å². The lowest BCUT2D eigenvalue weighted by Gasteiger charge is -2.26. The van der Waals surface area contributed by atoms with Gasteiger partial charge in [-0.05, 0) is 59.3 Å². The van der Waals surface area contributed by atoms with E-state index in [9.17, 15) is 27.2 Å². The van der Waals surface area contributed by atoms with E-state index < -0.39 is 52.1 Å². The summed E-state index contributed by atoms with van der Waals surface area (Å²) < 4.78 is 66.7. The summed E-state index contributed by atoms with van der Waals surface area (Å²) in [4.78, 5) is 23.0. The molecular weight excluding hydrogens is 877 g/mol. The third-order valence-corrected chi connectivity index (χ3v) is 8.55. The van der Waals surface area contributed by atoms with E-state index in [4.69, 9.17) is 51.2 Å². The first-order chi connectivity index (χ1) is 23.3. The molecule has 0 saturated heterocycles. The molecule has 0 aromatic heterocycles. The molecule has 0 aliphatic heterocycles. The molecule has 4 aromatic carbocycles. The number of carbonyl (C=O) groups excluding carboxylic acids is 2. The second kappa shape index (κ2) is 21.1. The highest BCUT2D eigenvalue weighted by Gasteiger charge is 2.33. The fraction of sp³-hybridized carbons (Fsp3) is 0.235. The zero-order valence-electron chi connectivity index (χ0n) is 25.4. The van der Waals surface area contributed by atoms with Crippen LogP contribution in [0.4, 0.5) is 17.6 Å². The highest BCUT2D eigenvalue weighted by Crippen LogP contribution is 2.40. The highest BCUT2D eigenvalue weighted by molar-refractivity contribution is 9.10. The molecule has 49 heavy (non-hydrogen) atoms. The van der Waals surface area contributed by atoms with Crippen molar-refractivity contribution in [3.63, 3.8) is 0 Å². The summed E-state index contributed by atoms with van der Waals surface area (Å²) in [5, 5.41) is -0.503. The van der Waals surface area contributed by atoms with Gasteiger partial charge in [0.15, 0.2) is 29.1 Å². The molecule has 4 nitrogen and oxygen atoms in total. The summed E-state index contributed by atoms with van der Waals surface area (Å²) in [6.07, 6.45) is -0.0489. The third kappa shape index (κ3) is 13.5. The first kappa shape index (κ1) is 41.9. The quantitative estimate of drug-likeness (QED) is 0.0689. The van der Waals surface area contributed by atoms with Crippen LogP contribution in [0.2, 0.25) is 0 Å². The van der Waals surface area contributed by atoms with E-state index in [2.05, 4.69) is 31.9 Å². The van der Waals surface area contributed by atoms with E-state index >= 15 is 0 Å². The molecule has 15 heteroatoms. The van der Waals surface area contributed by atoms with Crippen molar-refractivity contribution in [1.29, 1.82) is 0 Å². The van der Waals surface area contributed by atoms with Gasteiger partial charge in [-0.25, -0.2) is 47.7 Å². The Morgan fingerprint density at radius 2 is 1.37 bits per heavy atom. The van der Waals surface area contributed by atoms with Crippen molar-refractivity contribution in [3.8, 4) is 0 Å². The number of ether oxygens (including phenoxy) is 2. The van der Waals surface area contributed by atoms with Crippen molar-refractivity contribution in [3.05, 3.63) is 139 Å². The van der Waals surface area contributed by atoms with E-state index in [1.807, 2.05) is 60.7 Å². The Balaban J connectivity index is 0.000000240. The van der Waals surface area contributed by atoms with Crippen molar-refractivity contribution in [2.24, 2.45) is 0 Å². The van der Waals surface area contributed by atoms with Crippen LogP contribution in [0.15, 0.2) is 87.8 Å². The topological polar surface area (TPSA) is 52.6 Å². The summed E-state index contributed by atoms with van der Waals surface area (Å²) >= 11 is 10.1. The van der Waals surface area contributed by atoms with Crippen molar-refractivity contribution in [2.75, 3.05) is 0 Å². The lowest BCUT2D eigenvalue weighted by molar-refractivity contribution is -0.112. The molecule has 0 fully saturated rings. The average molecular weight is 904 g/mol. The molecule has 5 rings (SSSR count). The number of ketones is 1. The highest BCUT2D eigenvalue weighted by atomic mass is 79.9. The number of rotatable bonds is 10. The number of Topliss-reactive ketones (excluding diaryl/α,β-unsaturated/α-hetero) is 1. The third-order valence-electron chi connectivity index (χ3n) is 7.02. The lowest BCUT2D eigenvalue weighted by Crippen LogP contribution is -2.21. The summed E-state index contributed by atoms with van der Waals surface area (Å²) in [5.74, 6) is -4.41. The number of carbonyl (C=O) groups is 2. The van der Waals surface area contributed by atoms with Crippen LogP contribution in [0.3, 0.4) is 0 Å². The predicted octanol–water partition coefficient (Wildman–Crippen LogP) is 12.2. The maximum Gasteiger partial charge on any atom is 0.643 e. The molecule has 4 aromatic rings. The van der Waals surface area contributed by atoms with Gasteiger partial charge in [0.1, 0.15) is 0 Å². The normalized spacial score (nSPS) is 14.1. The maximum absolute atomic E-state index is 14.0. The van der Waals surface area contributed by atoms with Crippen LogP contribution in [0.5, 0.6) is 0 Å². The Labute approximate surface area is 320 Å². The Kier molecular flexibility index (Phi) is 18.1. The number of hydrogen-bond acceptors (Lipinski definition) is 4. The van der Waals surface area contributed by atoms with Gasteiger partial charge in [-0.15, -0.1) is 0 Å². The molecule has 0 bridgehead atoms. The Hall–Kier alpha value is -1.49. The summed E-state index contributed by atoms with van der Waals surface area (Å²) in [5.41, 5.74) is 2.59. The van der Waals surface area contributed by atoms with E-state index in [0.717, 1.165) is 29.3 Å². The van der Waals surface area contributed by atoms with E-state index in [-0.39, 0.29) is 37.2 Å². The van der Waals surface area contributed by atoms with Crippen LogP contribution in [-0.2, 0) is 27.5 Å². The number of hydrogen-bond donors (Lipinski definition) is 0. The predicted molar refractivity (Wildman–Crippen MR) is 193 cm³/mol. The molecule has 1 aliphatic carbocycles. The van der Waals surface area contributed by atoms with Gasteiger partial charge in [0.25, 0.3) is 0 Å². The Morgan fingerprint density at radius 3 is 1.94 bits per heavy atom. The van der Waals surface area contributed by atoms with Crippen LogP contribution in [-0.4, -0.2) is 22.4 Å². The fourth-order valence-corrected chi connectivity index (χ4v) is 6.13. The molecular formula is C34H27AlBr2Cl4F4O4. The zero-order chi connectivity index (χ0) is 36.1. The summed E-state index contributed by atoms with van der Waals surface area (Å²) in [7, 11) is 14.8. The molecule has 0 radical (unpaired) electrons. The van der Waals surface area contributed by atoms with Gasteiger partial charge in [-0.1, -0.05) is 92.5 Å². The molecule has 2 atom stereocenters. The second-order valence-corrected chi connectivity index (χ2v) is 19.0. The first-order valence-corrected chi connectivity index (χ1v) is 21.7. The molecule has 0 amide bonds. The minimum atomic E-state index is -1.72. The smallest absolute Gasteiger partial charge is 0.369 e. The van der Waals surface area contributed by atoms with E-state index in [1.54, 1.807) is 0 Å². The first-order valence-electron chi connectivity index (χ1n) is 14.5. The van der Waals surface area contributed by atoms with Gasteiger partial charge >= 0.3 is 11.4 Å².